The maximum Gasteiger partial charge on any atom is 0.0623 e. The number of fused-ring (bicyclic) bond motifs is 2. The topological polar surface area (TPSA) is 21.3 Å². The van der Waals surface area contributed by atoms with Gasteiger partial charge < -0.3 is 10.1 Å². The van der Waals surface area contributed by atoms with E-state index in [0.717, 1.165) is 6.42 Å². The normalized spacial score (nSPS) is 30.8. The van der Waals surface area contributed by atoms with E-state index in [1.165, 1.54) is 36.0 Å². The van der Waals surface area contributed by atoms with Crippen LogP contribution in [0.1, 0.15) is 36.0 Å². The van der Waals surface area contributed by atoms with Crippen molar-refractivity contribution in [3.05, 3.63) is 34.9 Å². The van der Waals surface area contributed by atoms with Gasteiger partial charge in [-0.1, -0.05) is 23.8 Å². The average molecular weight is 259 g/mol. The van der Waals surface area contributed by atoms with Crippen molar-refractivity contribution in [1.82, 2.24) is 5.32 Å². The van der Waals surface area contributed by atoms with Gasteiger partial charge >= 0.3 is 0 Å². The van der Waals surface area contributed by atoms with Crippen LogP contribution in [0.4, 0.5) is 0 Å². The lowest BCUT2D eigenvalue weighted by Crippen LogP contribution is -2.40. The molecule has 104 valence electrons. The lowest BCUT2D eigenvalue weighted by molar-refractivity contribution is 0.0863. The lowest BCUT2D eigenvalue weighted by atomic mass is 9.81. The van der Waals surface area contributed by atoms with E-state index in [0.29, 0.717) is 24.2 Å². The van der Waals surface area contributed by atoms with E-state index in [4.69, 9.17) is 4.74 Å². The van der Waals surface area contributed by atoms with Crippen LogP contribution in [0.3, 0.4) is 0 Å². The van der Waals surface area contributed by atoms with Crippen molar-refractivity contribution in [3.63, 3.8) is 0 Å². The molecule has 4 atom stereocenters. The van der Waals surface area contributed by atoms with Crippen LogP contribution in [0, 0.1) is 19.8 Å². The second-order valence-electron chi connectivity index (χ2n) is 6.30. The van der Waals surface area contributed by atoms with Crippen molar-refractivity contribution in [2.24, 2.45) is 5.92 Å². The monoisotopic (exact) mass is 259 g/mol. The molecule has 0 aliphatic carbocycles. The van der Waals surface area contributed by atoms with E-state index >= 15 is 0 Å². The zero-order valence-corrected chi connectivity index (χ0v) is 12.3. The van der Waals surface area contributed by atoms with Gasteiger partial charge in [-0.25, -0.2) is 0 Å². The summed E-state index contributed by atoms with van der Waals surface area (Å²) < 4.78 is 6.02. The first kappa shape index (κ1) is 13.1. The van der Waals surface area contributed by atoms with Gasteiger partial charge in [-0.15, -0.1) is 0 Å². The Balaban J connectivity index is 1.74. The molecule has 0 radical (unpaired) electrons. The number of hydrogen-bond donors (Lipinski definition) is 1. The van der Waals surface area contributed by atoms with Crippen LogP contribution in [0.25, 0.3) is 0 Å². The zero-order valence-electron chi connectivity index (χ0n) is 12.3. The fourth-order valence-electron chi connectivity index (χ4n) is 3.83. The van der Waals surface area contributed by atoms with Crippen LogP contribution < -0.4 is 5.32 Å². The van der Waals surface area contributed by atoms with Crippen LogP contribution in [0.5, 0.6) is 0 Å². The summed E-state index contributed by atoms with van der Waals surface area (Å²) in [6.07, 6.45) is 5.97. The molecule has 0 amide bonds. The third-order valence-electron chi connectivity index (χ3n) is 4.99. The van der Waals surface area contributed by atoms with Crippen LogP contribution in [-0.4, -0.2) is 25.3 Å². The minimum absolute atomic E-state index is 0.507. The van der Waals surface area contributed by atoms with Gasteiger partial charge in [0.25, 0.3) is 0 Å². The van der Waals surface area contributed by atoms with Crippen molar-refractivity contribution < 1.29 is 4.74 Å². The molecule has 4 unspecified atom stereocenters. The van der Waals surface area contributed by atoms with Crippen molar-refractivity contribution in [1.29, 1.82) is 0 Å². The van der Waals surface area contributed by atoms with E-state index in [1.54, 1.807) is 0 Å². The van der Waals surface area contributed by atoms with Gasteiger partial charge in [0.05, 0.1) is 12.2 Å². The molecule has 2 nitrogen and oxygen atoms in total. The van der Waals surface area contributed by atoms with Crippen LogP contribution in [-0.2, 0) is 11.2 Å². The molecule has 2 saturated heterocycles. The quantitative estimate of drug-likeness (QED) is 0.897. The molecule has 1 aromatic carbocycles. The van der Waals surface area contributed by atoms with Gasteiger partial charge in [0, 0.05) is 12.0 Å². The Morgan fingerprint density at radius 2 is 2.16 bits per heavy atom. The fraction of sp³-hybridized carbons (Fsp3) is 0.647. The van der Waals surface area contributed by atoms with Crippen LogP contribution in [0.2, 0.25) is 0 Å². The summed E-state index contributed by atoms with van der Waals surface area (Å²) in [6, 6.07) is 7.34. The SMILES string of the molecule is CNC(Cc1cc(C)ccc1C)C1CC2CCC1O2. The van der Waals surface area contributed by atoms with E-state index < -0.39 is 0 Å². The summed E-state index contributed by atoms with van der Waals surface area (Å²) >= 11 is 0. The van der Waals surface area contributed by atoms with Gasteiger partial charge in [0.15, 0.2) is 0 Å². The first-order chi connectivity index (χ1) is 9.17. The molecule has 1 N–H and O–H groups in total. The number of nitrogens with one attached hydrogen (secondary N) is 1. The highest BCUT2D eigenvalue weighted by atomic mass is 16.5. The molecule has 2 aliphatic rings. The smallest absolute Gasteiger partial charge is 0.0623 e. The Labute approximate surface area is 116 Å². The highest BCUT2D eigenvalue weighted by Gasteiger charge is 2.43. The van der Waals surface area contributed by atoms with E-state index in [1.807, 2.05) is 0 Å². The summed E-state index contributed by atoms with van der Waals surface area (Å²) in [7, 11) is 2.10. The summed E-state index contributed by atoms with van der Waals surface area (Å²) in [5.41, 5.74) is 4.26. The van der Waals surface area contributed by atoms with Crippen molar-refractivity contribution in [2.75, 3.05) is 7.05 Å². The Morgan fingerprint density at radius 3 is 2.79 bits per heavy atom. The number of likely N-dealkylation sites (N-methyl/N-ethyl adjacent to an activating group) is 1. The summed E-state index contributed by atoms with van der Waals surface area (Å²) in [5, 5.41) is 3.54. The second-order valence-corrected chi connectivity index (χ2v) is 6.30. The van der Waals surface area contributed by atoms with Gasteiger partial charge in [0.2, 0.25) is 0 Å². The molecule has 2 heteroatoms. The highest BCUT2D eigenvalue weighted by Crippen LogP contribution is 2.41. The van der Waals surface area contributed by atoms with E-state index in [-0.39, 0.29) is 0 Å². The third kappa shape index (κ3) is 2.56. The van der Waals surface area contributed by atoms with Crippen molar-refractivity contribution in [2.45, 2.75) is 57.8 Å². The first-order valence-corrected chi connectivity index (χ1v) is 7.56. The zero-order chi connectivity index (χ0) is 13.4. The predicted molar refractivity (Wildman–Crippen MR) is 78.5 cm³/mol. The number of benzene rings is 1. The predicted octanol–water partition coefficient (Wildman–Crippen LogP) is 3.00. The molecule has 0 saturated carbocycles. The highest BCUT2D eigenvalue weighted by molar-refractivity contribution is 5.31. The first-order valence-electron chi connectivity index (χ1n) is 7.56. The van der Waals surface area contributed by atoms with E-state index in [2.05, 4.69) is 44.4 Å². The molecule has 2 heterocycles. The summed E-state index contributed by atoms with van der Waals surface area (Å²) in [5.74, 6) is 0.698. The number of hydrogen-bond acceptors (Lipinski definition) is 2. The van der Waals surface area contributed by atoms with Crippen molar-refractivity contribution in [3.8, 4) is 0 Å². The largest absolute Gasteiger partial charge is 0.375 e. The minimum Gasteiger partial charge on any atom is -0.375 e. The summed E-state index contributed by atoms with van der Waals surface area (Å²) in [6.45, 7) is 4.40. The molecule has 2 fully saturated rings. The Kier molecular flexibility index (Phi) is 3.64. The number of aryl methyl sites for hydroxylation is 2. The molecule has 2 bridgehead atoms. The molecule has 1 aromatic rings. The molecule has 3 rings (SSSR count). The minimum atomic E-state index is 0.507. The van der Waals surface area contributed by atoms with Crippen molar-refractivity contribution >= 4 is 0 Å². The number of rotatable bonds is 4. The van der Waals surface area contributed by atoms with Crippen LogP contribution in [0.15, 0.2) is 18.2 Å². The number of ether oxygens (including phenoxy) is 1. The fourth-order valence-corrected chi connectivity index (χ4v) is 3.83. The van der Waals surface area contributed by atoms with Gasteiger partial charge in [0.1, 0.15) is 0 Å². The molecule has 2 aliphatic heterocycles. The van der Waals surface area contributed by atoms with E-state index in [9.17, 15) is 0 Å². The molecule has 0 aromatic heterocycles. The maximum atomic E-state index is 6.02. The van der Waals surface area contributed by atoms with Crippen LogP contribution >= 0.6 is 0 Å². The molecule has 0 spiro atoms. The van der Waals surface area contributed by atoms with Gasteiger partial charge in [-0.05, 0) is 57.7 Å². The lowest BCUT2D eigenvalue weighted by Gasteiger charge is -2.28. The Morgan fingerprint density at radius 1 is 1.32 bits per heavy atom. The van der Waals surface area contributed by atoms with Gasteiger partial charge in [-0.3, -0.25) is 0 Å². The van der Waals surface area contributed by atoms with Gasteiger partial charge in [-0.2, -0.15) is 0 Å². The summed E-state index contributed by atoms with van der Waals surface area (Å²) in [4.78, 5) is 0. The molecular formula is C17H25NO. The maximum absolute atomic E-state index is 6.02. The standard InChI is InChI=1S/C17H25NO/c1-11-4-5-12(2)13(8-11)9-16(18-3)15-10-14-6-7-17(15)19-14/h4-5,8,14-18H,6-7,9-10H2,1-3H3. The molecular weight excluding hydrogens is 234 g/mol. The third-order valence-corrected chi connectivity index (χ3v) is 4.99. The second kappa shape index (κ2) is 5.26. The Bertz CT molecular complexity index is 457. The Hall–Kier alpha value is -0.860. The average Bonchev–Trinajstić information content (AvgIpc) is 3.02. The molecule has 19 heavy (non-hydrogen) atoms.